The Morgan fingerprint density at radius 3 is 2.25 bits per heavy atom. The molecule has 0 saturated carbocycles. The number of phenols is 1. The number of nitrogens with one attached hydrogen (secondary N) is 1. The quantitative estimate of drug-likeness (QED) is 0.104. The molecule has 0 spiro atoms. The normalized spacial score (nSPS) is 17.0. The van der Waals surface area contributed by atoms with Crippen LogP contribution in [-0.4, -0.2) is 80.1 Å². The van der Waals surface area contributed by atoms with E-state index in [9.17, 15) is 34.6 Å². The van der Waals surface area contributed by atoms with Gasteiger partial charge in [-0.25, -0.2) is 4.79 Å². The average Bonchev–Trinajstić information content (AvgIpc) is 2.85. The molecule has 0 radical (unpaired) electrons. The second-order valence-corrected chi connectivity index (χ2v) is 7.90. The molecule has 1 fully saturated rings. The molecular formula is C23H24N4O9. The smallest absolute Gasteiger partial charge is 0.331 e. The number of carboxylic acids is 2. The van der Waals surface area contributed by atoms with Gasteiger partial charge >= 0.3 is 11.9 Å². The van der Waals surface area contributed by atoms with Crippen LogP contribution in [-0.2, 0) is 19.2 Å². The third kappa shape index (κ3) is 5.88. The van der Waals surface area contributed by atoms with Gasteiger partial charge in [0.15, 0.2) is 11.8 Å². The van der Waals surface area contributed by atoms with E-state index in [0.717, 1.165) is 4.90 Å². The van der Waals surface area contributed by atoms with Crippen molar-refractivity contribution in [1.82, 2.24) is 10.2 Å². The number of hydrogen-bond acceptors (Lipinski definition) is 9. The number of carbonyl (C=O) groups excluding carboxylic acids is 2. The van der Waals surface area contributed by atoms with Gasteiger partial charge in [-0.05, 0) is 42.0 Å². The first-order valence-corrected chi connectivity index (χ1v) is 10.7. The van der Waals surface area contributed by atoms with E-state index in [1.54, 1.807) is 0 Å². The van der Waals surface area contributed by atoms with Crippen LogP contribution in [0.15, 0.2) is 53.7 Å². The van der Waals surface area contributed by atoms with Crippen molar-refractivity contribution in [3.05, 3.63) is 59.7 Å². The molecule has 7 N–H and O–H groups in total. The molecule has 13 nitrogen and oxygen atoms in total. The van der Waals surface area contributed by atoms with Gasteiger partial charge < -0.3 is 41.2 Å². The van der Waals surface area contributed by atoms with Crippen molar-refractivity contribution in [2.75, 3.05) is 13.2 Å². The molecule has 2 amide bonds. The average molecular weight is 500 g/mol. The van der Waals surface area contributed by atoms with Crippen LogP contribution >= 0.6 is 0 Å². The molecule has 1 aliphatic rings. The molecule has 0 aromatic heterocycles. The zero-order valence-electron chi connectivity index (χ0n) is 18.8. The molecule has 2 aromatic rings. The summed E-state index contributed by atoms with van der Waals surface area (Å²) in [4.78, 5) is 48.8. The standard InChI is InChI=1S/C23H24N4O9/c24-16(22(31)32)9-10-36-15-7-3-12(4-8-15)18(26-35)20(29)25-17-11-27(21(17)30)19(23(33)34)13-1-5-14(28)6-2-13/h1-8,16-17,19,28,35H,9-11,24H2,(H,25,29)(H,31,32)(H,33,34)/t16-,17-,19+/m0/s1. The van der Waals surface area contributed by atoms with Crippen LogP contribution in [0.5, 0.6) is 11.5 Å². The van der Waals surface area contributed by atoms with Crippen LogP contribution in [0.1, 0.15) is 23.6 Å². The molecule has 3 atom stereocenters. The summed E-state index contributed by atoms with van der Waals surface area (Å²) in [5, 5.41) is 42.5. The van der Waals surface area contributed by atoms with Crippen molar-refractivity contribution in [1.29, 1.82) is 0 Å². The predicted molar refractivity (Wildman–Crippen MR) is 123 cm³/mol. The van der Waals surface area contributed by atoms with Crippen LogP contribution in [0.4, 0.5) is 0 Å². The van der Waals surface area contributed by atoms with Crippen molar-refractivity contribution >= 4 is 29.5 Å². The molecule has 2 aromatic carbocycles. The summed E-state index contributed by atoms with van der Waals surface area (Å²) in [6, 6.07) is 7.83. The van der Waals surface area contributed by atoms with Gasteiger partial charge in [0, 0.05) is 12.0 Å². The van der Waals surface area contributed by atoms with Crippen LogP contribution in [0, 0.1) is 0 Å². The molecule has 0 aliphatic carbocycles. The number of aromatic hydroxyl groups is 1. The maximum absolute atomic E-state index is 12.6. The number of carbonyl (C=O) groups is 4. The summed E-state index contributed by atoms with van der Waals surface area (Å²) in [7, 11) is 0. The zero-order chi connectivity index (χ0) is 26.4. The molecule has 13 heteroatoms. The van der Waals surface area contributed by atoms with Crippen LogP contribution in [0.3, 0.4) is 0 Å². The maximum Gasteiger partial charge on any atom is 0.331 e. The first-order chi connectivity index (χ1) is 17.1. The molecule has 1 heterocycles. The van der Waals surface area contributed by atoms with Gasteiger partial charge in [-0.2, -0.15) is 0 Å². The van der Waals surface area contributed by atoms with E-state index in [2.05, 4.69) is 10.5 Å². The van der Waals surface area contributed by atoms with Crippen molar-refractivity contribution < 1.29 is 44.4 Å². The second kappa shape index (κ2) is 11.2. The number of phenolic OH excluding ortho intramolecular Hbond substituents is 1. The molecule has 1 aliphatic heterocycles. The van der Waals surface area contributed by atoms with Crippen molar-refractivity contribution in [2.45, 2.75) is 24.5 Å². The van der Waals surface area contributed by atoms with Gasteiger partial charge in [0.05, 0.1) is 13.2 Å². The Bertz CT molecular complexity index is 1170. The largest absolute Gasteiger partial charge is 0.508 e. The highest BCUT2D eigenvalue weighted by Crippen LogP contribution is 2.28. The number of β-lactam (4-membered cyclic amide) rings is 1. The summed E-state index contributed by atoms with van der Waals surface area (Å²) < 4.78 is 5.40. The Balaban J connectivity index is 1.59. The number of hydrogen-bond donors (Lipinski definition) is 6. The van der Waals surface area contributed by atoms with Gasteiger partial charge in [-0.15, -0.1) is 0 Å². The number of nitrogens with zero attached hydrogens (tertiary/aromatic N) is 2. The fraction of sp³-hybridized carbons (Fsp3) is 0.261. The molecule has 1 saturated heterocycles. The molecule has 36 heavy (non-hydrogen) atoms. The van der Waals surface area contributed by atoms with E-state index < -0.39 is 41.9 Å². The number of amides is 2. The van der Waals surface area contributed by atoms with Crippen LogP contribution in [0.2, 0.25) is 0 Å². The number of oxime groups is 1. The predicted octanol–water partition coefficient (Wildman–Crippen LogP) is -0.0958. The van der Waals surface area contributed by atoms with Gasteiger partial charge in [-0.1, -0.05) is 17.3 Å². The van der Waals surface area contributed by atoms with Gasteiger partial charge in [0.1, 0.15) is 23.6 Å². The molecular weight excluding hydrogens is 476 g/mol. The Morgan fingerprint density at radius 2 is 1.72 bits per heavy atom. The number of aliphatic carboxylic acids is 2. The lowest BCUT2D eigenvalue weighted by Gasteiger charge is -2.42. The van der Waals surface area contributed by atoms with Gasteiger partial charge in [-0.3, -0.25) is 14.4 Å². The molecule has 0 bridgehead atoms. The van der Waals surface area contributed by atoms with Gasteiger partial charge in [0.2, 0.25) is 5.91 Å². The number of benzene rings is 2. The Hall–Kier alpha value is -4.65. The monoisotopic (exact) mass is 500 g/mol. The minimum absolute atomic E-state index is 0.0516. The van der Waals surface area contributed by atoms with E-state index in [4.69, 9.17) is 15.6 Å². The zero-order valence-corrected chi connectivity index (χ0v) is 18.8. The highest BCUT2D eigenvalue weighted by atomic mass is 16.5. The summed E-state index contributed by atoms with van der Waals surface area (Å²) in [5.74, 6) is -3.59. The lowest BCUT2D eigenvalue weighted by molar-refractivity contribution is -0.160. The topological polar surface area (TPSA) is 212 Å². The van der Waals surface area contributed by atoms with Crippen molar-refractivity contribution in [3.63, 3.8) is 0 Å². The third-order valence-electron chi connectivity index (χ3n) is 5.48. The van der Waals surface area contributed by atoms with Crippen molar-refractivity contribution in [3.8, 4) is 11.5 Å². The number of nitrogens with two attached hydrogens (primary N) is 1. The molecule has 0 unspecified atom stereocenters. The lowest BCUT2D eigenvalue weighted by Crippen LogP contribution is -2.66. The number of carboxylic acid groups (broad SMARTS) is 2. The minimum Gasteiger partial charge on any atom is -0.508 e. The van der Waals surface area contributed by atoms with Gasteiger partial charge in [0.25, 0.3) is 5.91 Å². The molecule has 190 valence electrons. The van der Waals surface area contributed by atoms with Crippen LogP contribution in [0.25, 0.3) is 0 Å². The van der Waals surface area contributed by atoms with E-state index in [1.165, 1.54) is 48.5 Å². The van der Waals surface area contributed by atoms with E-state index in [1.807, 2.05) is 0 Å². The Morgan fingerprint density at radius 1 is 1.08 bits per heavy atom. The summed E-state index contributed by atoms with van der Waals surface area (Å²) in [6.07, 6.45) is 0.0880. The first-order valence-electron chi connectivity index (χ1n) is 10.7. The molecule has 3 rings (SSSR count). The van der Waals surface area contributed by atoms with E-state index in [-0.39, 0.29) is 42.2 Å². The Kier molecular flexibility index (Phi) is 8.07. The summed E-state index contributed by atoms with van der Waals surface area (Å²) >= 11 is 0. The van der Waals surface area contributed by atoms with Crippen molar-refractivity contribution in [2.24, 2.45) is 10.9 Å². The fourth-order valence-electron chi connectivity index (χ4n) is 3.50. The number of rotatable bonds is 11. The fourth-order valence-corrected chi connectivity index (χ4v) is 3.50. The maximum atomic E-state index is 12.6. The lowest BCUT2D eigenvalue weighted by atomic mass is 9.97. The van der Waals surface area contributed by atoms with Crippen LogP contribution < -0.4 is 15.8 Å². The highest BCUT2D eigenvalue weighted by molar-refractivity contribution is 6.45. The van der Waals surface area contributed by atoms with E-state index >= 15 is 0 Å². The van der Waals surface area contributed by atoms with E-state index in [0.29, 0.717) is 5.75 Å². The Labute approximate surface area is 204 Å². The second-order valence-electron chi connectivity index (χ2n) is 7.90. The number of ether oxygens (including phenoxy) is 1. The number of likely N-dealkylation sites (tertiary alicyclic amines) is 1. The summed E-state index contributed by atoms with van der Waals surface area (Å²) in [5.41, 5.74) is 5.51. The summed E-state index contributed by atoms with van der Waals surface area (Å²) in [6.45, 7) is -0.0393. The minimum atomic E-state index is -1.30. The first kappa shape index (κ1) is 26.0. The SMILES string of the molecule is N[C@@H](CCOc1ccc(C(=NO)C(=O)N[C@H]2CN([C@@H](C(=O)O)c3ccc(O)cc3)C2=O)cc1)C(=O)O. The third-order valence-corrected chi connectivity index (χ3v) is 5.48. The highest BCUT2D eigenvalue weighted by Gasteiger charge is 2.45.